The van der Waals surface area contributed by atoms with Gasteiger partial charge in [0.05, 0.1) is 16.3 Å². The number of fused-ring (bicyclic) bond motifs is 1. The second-order valence-electron chi connectivity index (χ2n) is 5.46. The molecular weight excluding hydrogens is 377 g/mol. The molecular formula is C18H11F3N4OS. The van der Waals surface area contributed by atoms with Crippen LogP contribution in [0, 0.1) is 0 Å². The number of hydrogen-bond donors (Lipinski definition) is 1. The monoisotopic (exact) mass is 388 g/mol. The smallest absolute Gasteiger partial charge is 0.406 e. The number of amidine groups is 2. The van der Waals surface area contributed by atoms with E-state index in [1.807, 2.05) is 17.5 Å². The summed E-state index contributed by atoms with van der Waals surface area (Å²) in [5, 5.41) is 4.96. The molecule has 1 aliphatic heterocycles. The first kappa shape index (κ1) is 17.2. The van der Waals surface area contributed by atoms with Crippen LogP contribution in [0.5, 0.6) is 5.75 Å². The van der Waals surface area contributed by atoms with Crippen LogP contribution in [0.3, 0.4) is 0 Å². The molecule has 0 radical (unpaired) electrons. The van der Waals surface area contributed by atoms with Crippen LogP contribution in [0.15, 0.2) is 70.2 Å². The van der Waals surface area contributed by atoms with Crippen LogP contribution in [-0.4, -0.2) is 23.0 Å². The van der Waals surface area contributed by atoms with Crippen molar-refractivity contribution in [3.8, 4) is 5.75 Å². The van der Waals surface area contributed by atoms with Gasteiger partial charge in [0.25, 0.3) is 0 Å². The standard InChI is InChI=1S/C18H11F3N4OS/c19-18(20,21)26-12-3-4-13-14(10-12)24-16(11-5-7-22-8-6-11)25-17(23-13)15-2-1-9-27-15/h1-10H,(H,23,24,25). The molecule has 3 heterocycles. The molecule has 0 aliphatic carbocycles. The van der Waals surface area contributed by atoms with E-state index in [1.165, 1.54) is 29.5 Å². The number of nitrogens with one attached hydrogen (secondary N) is 1. The van der Waals surface area contributed by atoms with Gasteiger partial charge in [-0.3, -0.25) is 4.98 Å². The molecule has 27 heavy (non-hydrogen) atoms. The summed E-state index contributed by atoms with van der Waals surface area (Å²) in [6, 6.07) is 11.2. The zero-order valence-electron chi connectivity index (χ0n) is 13.6. The first-order valence-electron chi connectivity index (χ1n) is 7.76. The number of thiophene rings is 1. The van der Waals surface area contributed by atoms with Gasteiger partial charge in [-0.05, 0) is 35.7 Å². The molecule has 2 aromatic heterocycles. The summed E-state index contributed by atoms with van der Waals surface area (Å²) >= 11 is 1.47. The van der Waals surface area contributed by atoms with Crippen LogP contribution in [0.2, 0.25) is 0 Å². The third-order valence-corrected chi connectivity index (χ3v) is 4.46. The van der Waals surface area contributed by atoms with Crippen molar-refractivity contribution in [2.75, 3.05) is 5.32 Å². The molecule has 1 aromatic carbocycles. The molecule has 9 heteroatoms. The Hall–Kier alpha value is -3.20. The van der Waals surface area contributed by atoms with Gasteiger partial charge in [-0.1, -0.05) is 6.07 Å². The maximum absolute atomic E-state index is 12.5. The van der Waals surface area contributed by atoms with Crippen LogP contribution >= 0.6 is 11.3 Å². The molecule has 0 amide bonds. The van der Waals surface area contributed by atoms with Crippen LogP contribution in [-0.2, 0) is 0 Å². The molecule has 136 valence electrons. The van der Waals surface area contributed by atoms with Crippen molar-refractivity contribution in [1.82, 2.24) is 4.98 Å². The molecule has 1 N–H and O–H groups in total. The Morgan fingerprint density at radius 2 is 1.81 bits per heavy atom. The molecule has 5 nitrogen and oxygen atoms in total. The van der Waals surface area contributed by atoms with Gasteiger partial charge in [-0.15, -0.1) is 24.5 Å². The van der Waals surface area contributed by atoms with Crippen molar-refractivity contribution < 1.29 is 17.9 Å². The highest BCUT2D eigenvalue weighted by atomic mass is 32.1. The summed E-state index contributed by atoms with van der Waals surface area (Å²) < 4.78 is 41.6. The third-order valence-electron chi connectivity index (χ3n) is 3.59. The van der Waals surface area contributed by atoms with Crippen molar-refractivity contribution in [1.29, 1.82) is 0 Å². The number of nitrogens with zero attached hydrogens (tertiary/aromatic N) is 3. The van der Waals surface area contributed by atoms with Crippen LogP contribution in [0.25, 0.3) is 0 Å². The first-order valence-corrected chi connectivity index (χ1v) is 8.64. The van der Waals surface area contributed by atoms with Crippen LogP contribution in [0.1, 0.15) is 10.4 Å². The highest BCUT2D eigenvalue weighted by Gasteiger charge is 2.31. The summed E-state index contributed by atoms with van der Waals surface area (Å²) in [6.07, 6.45) is -1.56. The summed E-state index contributed by atoms with van der Waals surface area (Å²) in [6.45, 7) is 0. The molecule has 0 fully saturated rings. The van der Waals surface area contributed by atoms with Gasteiger partial charge >= 0.3 is 6.36 Å². The van der Waals surface area contributed by atoms with Crippen molar-refractivity contribution in [2.45, 2.75) is 6.36 Å². The first-order chi connectivity index (χ1) is 13.0. The number of rotatable bonds is 3. The average molecular weight is 388 g/mol. The lowest BCUT2D eigenvalue weighted by molar-refractivity contribution is -0.274. The fourth-order valence-electron chi connectivity index (χ4n) is 2.47. The zero-order chi connectivity index (χ0) is 18.9. The Kier molecular flexibility index (Phi) is 4.36. The minimum atomic E-state index is -4.77. The predicted molar refractivity (Wildman–Crippen MR) is 98.0 cm³/mol. The van der Waals surface area contributed by atoms with Crippen molar-refractivity contribution in [3.05, 3.63) is 70.7 Å². The van der Waals surface area contributed by atoms with Gasteiger partial charge in [0.1, 0.15) is 11.6 Å². The van der Waals surface area contributed by atoms with E-state index in [4.69, 9.17) is 0 Å². The Labute approximate surface area is 155 Å². The number of ether oxygens (including phenoxy) is 1. The highest BCUT2D eigenvalue weighted by Crippen LogP contribution is 2.35. The van der Waals surface area contributed by atoms with E-state index in [-0.39, 0.29) is 5.75 Å². The molecule has 0 unspecified atom stereocenters. The van der Waals surface area contributed by atoms with Crippen LogP contribution < -0.4 is 10.1 Å². The summed E-state index contributed by atoms with van der Waals surface area (Å²) in [7, 11) is 0. The van der Waals surface area contributed by atoms with Gasteiger partial charge in [0, 0.05) is 24.0 Å². The number of alkyl halides is 3. The third kappa shape index (κ3) is 3.98. The number of pyridine rings is 1. The topological polar surface area (TPSA) is 58.9 Å². The minimum absolute atomic E-state index is 0.336. The van der Waals surface area contributed by atoms with E-state index in [1.54, 1.807) is 24.5 Å². The quantitative estimate of drug-likeness (QED) is 0.688. The van der Waals surface area contributed by atoms with Crippen molar-refractivity contribution >= 4 is 34.4 Å². The largest absolute Gasteiger partial charge is 0.573 e. The Bertz CT molecular complexity index is 1010. The fraction of sp³-hybridized carbons (Fsp3) is 0.0556. The van der Waals surface area contributed by atoms with Crippen LogP contribution in [0.4, 0.5) is 24.5 Å². The van der Waals surface area contributed by atoms with Gasteiger partial charge < -0.3 is 10.1 Å². The molecule has 0 saturated carbocycles. The number of hydrogen-bond acceptors (Lipinski definition) is 6. The second kappa shape index (κ2) is 6.84. The lowest BCUT2D eigenvalue weighted by atomic mass is 10.2. The van der Waals surface area contributed by atoms with Crippen molar-refractivity contribution in [2.24, 2.45) is 9.98 Å². The Balaban J connectivity index is 1.81. The van der Waals surface area contributed by atoms with Gasteiger partial charge in [0.2, 0.25) is 0 Å². The van der Waals surface area contributed by atoms with E-state index in [9.17, 15) is 13.2 Å². The fourth-order valence-corrected chi connectivity index (χ4v) is 3.13. The highest BCUT2D eigenvalue weighted by molar-refractivity contribution is 7.12. The van der Waals surface area contributed by atoms with Gasteiger partial charge in [-0.2, -0.15) is 0 Å². The van der Waals surface area contributed by atoms with Gasteiger partial charge in [-0.25, -0.2) is 9.98 Å². The predicted octanol–water partition coefficient (Wildman–Crippen LogP) is 4.99. The molecule has 1 aliphatic rings. The zero-order valence-corrected chi connectivity index (χ0v) is 14.4. The maximum atomic E-state index is 12.5. The molecule has 0 spiro atoms. The SMILES string of the molecule is FC(F)(F)Oc1ccc2c(c1)NC(c1ccncc1)=NC(c1cccs1)=N2. The lowest BCUT2D eigenvalue weighted by Crippen LogP contribution is -2.18. The number of halogens is 3. The number of anilines is 1. The van der Waals surface area contributed by atoms with Crippen molar-refractivity contribution in [3.63, 3.8) is 0 Å². The summed E-state index contributed by atoms with van der Waals surface area (Å²) in [4.78, 5) is 13.9. The van der Waals surface area contributed by atoms with E-state index in [0.29, 0.717) is 23.0 Å². The summed E-state index contributed by atoms with van der Waals surface area (Å²) in [5.41, 5.74) is 1.55. The average Bonchev–Trinajstić information content (AvgIpc) is 3.09. The maximum Gasteiger partial charge on any atom is 0.573 e. The van der Waals surface area contributed by atoms with Gasteiger partial charge in [0.15, 0.2) is 5.84 Å². The van der Waals surface area contributed by atoms with E-state index < -0.39 is 6.36 Å². The number of aliphatic imine (C=N–C) groups is 2. The lowest BCUT2D eigenvalue weighted by Gasteiger charge is -2.13. The second-order valence-corrected chi connectivity index (χ2v) is 6.41. The molecule has 3 aromatic rings. The minimum Gasteiger partial charge on any atom is -0.406 e. The number of aromatic nitrogens is 1. The van der Waals surface area contributed by atoms with E-state index >= 15 is 0 Å². The van der Waals surface area contributed by atoms with E-state index in [2.05, 4.69) is 25.0 Å². The molecule has 0 bridgehead atoms. The Morgan fingerprint density at radius 3 is 2.52 bits per heavy atom. The Morgan fingerprint density at radius 1 is 1.00 bits per heavy atom. The normalized spacial score (nSPS) is 13.7. The van der Waals surface area contributed by atoms with E-state index in [0.717, 1.165) is 10.4 Å². The summed E-state index contributed by atoms with van der Waals surface area (Å²) in [5.74, 6) is 0.581. The number of benzene rings is 1. The molecule has 4 rings (SSSR count). The molecule has 0 atom stereocenters. The molecule has 0 saturated heterocycles.